The van der Waals surface area contributed by atoms with Crippen LogP contribution in [0.25, 0.3) is 0 Å². The third-order valence-corrected chi connectivity index (χ3v) is 5.17. The van der Waals surface area contributed by atoms with Crippen molar-refractivity contribution in [2.24, 2.45) is 4.99 Å². The summed E-state index contributed by atoms with van der Waals surface area (Å²) in [5, 5.41) is 6.79. The Morgan fingerprint density at radius 2 is 2.03 bits per heavy atom. The summed E-state index contributed by atoms with van der Waals surface area (Å²) in [4.78, 5) is 10.9. The first kappa shape index (κ1) is 23.9. The maximum atomic E-state index is 14.0. The molecule has 174 valence electrons. The minimum absolute atomic E-state index is 0.180. The van der Waals surface area contributed by atoms with Crippen molar-refractivity contribution in [3.63, 3.8) is 0 Å². The van der Waals surface area contributed by atoms with Gasteiger partial charge in [0.1, 0.15) is 0 Å². The van der Waals surface area contributed by atoms with Crippen LogP contribution in [0.15, 0.2) is 47.6 Å². The van der Waals surface area contributed by atoms with E-state index in [1.807, 2.05) is 24.8 Å². The molecule has 2 aromatic rings. The fourth-order valence-corrected chi connectivity index (χ4v) is 3.63. The highest BCUT2D eigenvalue weighted by molar-refractivity contribution is 5.80. The molecule has 0 amide bonds. The number of aliphatic imine (C=N–C) groups is 1. The van der Waals surface area contributed by atoms with Crippen LogP contribution in [0.1, 0.15) is 31.4 Å². The van der Waals surface area contributed by atoms with Gasteiger partial charge < -0.3 is 25.0 Å². The number of hydrogen-bond donors (Lipinski definition) is 2. The molecule has 1 aliphatic rings. The van der Waals surface area contributed by atoms with Crippen LogP contribution in [0, 0.1) is 5.82 Å². The second kappa shape index (κ2) is 13.0. The van der Waals surface area contributed by atoms with Crippen molar-refractivity contribution in [3.05, 3.63) is 59.5 Å². The Morgan fingerprint density at radius 1 is 1.19 bits per heavy atom. The molecule has 1 aromatic carbocycles. The summed E-state index contributed by atoms with van der Waals surface area (Å²) in [6.07, 6.45) is 2.53. The maximum absolute atomic E-state index is 14.0. The Kier molecular flexibility index (Phi) is 9.71. The van der Waals surface area contributed by atoms with Crippen LogP contribution in [-0.2, 0) is 22.6 Å². The zero-order chi connectivity index (χ0) is 22.6. The van der Waals surface area contributed by atoms with Gasteiger partial charge in [-0.15, -0.1) is 0 Å². The van der Waals surface area contributed by atoms with Gasteiger partial charge in [-0.2, -0.15) is 0 Å². The molecule has 0 spiro atoms. The molecular weight excluding hydrogens is 409 g/mol. The number of aromatic nitrogens is 1. The lowest BCUT2D eigenvalue weighted by Gasteiger charge is -2.20. The minimum atomic E-state index is -0.282. The van der Waals surface area contributed by atoms with Gasteiger partial charge in [-0.25, -0.2) is 14.4 Å². The van der Waals surface area contributed by atoms with Gasteiger partial charge in [0.25, 0.3) is 0 Å². The van der Waals surface area contributed by atoms with E-state index in [2.05, 4.69) is 33.8 Å². The highest BCUT2D eigenvalue weighted by atomic mass is 19.1. The highest BCUT2D eigenvalue weighted by Crippen LogP contribution is 2.20. The quantitative estimate of drug-likeness (QED) is 0.316. The third kappa shape index (κ3) is 7.46. The molecule has 0 radical (unpaired) electrons. The molecule has 3 rings (SSSR count). The van der Waals surface area contributed by atoms with Crippen molar-refractivity contribution in [2.45, 2.75) is 39.5 Å². The molecule has 32 heavy (non-hydrogen) atoms. The van der Waals surface area contributed by atoms with Crippen LogP contribution < -0.4 is 15.5 Å². The molecule has 1 unspecified atom stereocenters. The van der Waals surface area contributed by atoms with E-state index in [1.165, 1.54) is 6.07 Å². The summed E-state index contributed by atoms with van der Waals surface area (Å²) < 4.78 is 25.0. The number of hydrogen-bond acceptors (Lipinski definition) is 5. The van der Waals surface area contributed by atoms with Crippen molar-refractivity contribution in [2.75, 3.05) is 44.4 Å². The topological polar surface area (TPSA) is 71.0 Å². The Labute approximate surface area is 190 Å². The van der Waals surface area contributed by atoms with Gasteiger partial charge in [0.05, 0.1) is 26.4 Å². The monoisotopic (exact) mass is 443 g/mol. The van der Waals surface area contributed by atoms with E-state index in [9.17, 15) is 4.39 Å². The number of halogens is 1. The molecule has 7 nitrogen and oxygen atoms in total. The zero-order valence-electron chi connectivity index (χ0n) is 19.0. The van der Waals surface area contributed by atoms with Crippen molar-refractivity contribution >= 4 is 11.8 Å². The average Bonchev–Trinajstić information content (AvgIpc) is 3.26. The van der Waals surface area contributed by atoms with Gasteiger partial charge in [-0.05, 0) is 43.5 Å². The molecule has 1 atom stereocenters. The van der Waals surface area contributed by atoms with Crippen molar-refractivity contribution in [3.8, 4) is 0 Å². The maximum Gasteiger partial charge on any atom is 0.191 e. The molecule has 1 fully saturated rings. The lowest BCUT2D eigenvalue weighted by Crippen LogP contribution is -2.44. The van der Waals surface area contributed by atoms with Crippen LogP contribution in [-0.4, -0.2) is 56.4 Å². The molecule has 2 N–H and O–H groups in total. The largest absolute Gasteiger partial charge is 0.379 e. The fourth-order valence-electron chi connectivity index (χ4n) is 3.63. The molecule has 8 heteroatoms. The Bertz CT molecular complexity index is 864. The molecular formula is C24H34FN5O2. The number of rotatable bonds is 11. The van der Waals surface area contributed by atoms with Crippen molar-refractivity contribution in [1.29, 1.82) is 0 Å². The summed E-state index contributed by atoms with van der Waals surface area (Å²) in [6, 6.07) is 11.5. The number of nitrogens with zero attached hydrogens (tertiary/aromatic N) is 3. The van der Waals surface area contributed by atoms with Gasteiger partial charge in [-0.1, -0.05) is 24.3 Å². The summed E-state index contributed by atoms with van der Waals surface area (Å²) in [7, 11) is 0. The van der Waals surface area contributed by atoms with Crippen LogP contribution >= 0.6 is 0 Å². The van der Waals surface area contributed by atoms with Gasteiger partial charge in [0.2, 0.25) is 0 Å². The Balaban J connectivity index is 1.53. The summed E-state index contributed by atoms with van der Waals surface area (Å²) >= 11 is 0. The van der Waals surface area contributed by atoms with E-state index in [1.54, 1.807) is 12.3 Å². The predicted octanol–water partition coefficient (Wildman–Crippen LogP) is 3.11. The smallest absolute Gasteiger partial charge is 0.191 e. The summed E-state index contributed by atoms with van der Waals surface area (Å²) in [5.41, 5.74) is 2.24. The molecule has 0 saturated carbocycles. The third-order valence-electron chi connectivity index (χ3n) is 5.17. The molecule has 0 aliphatic carbocycles. The lowest BCUT2D eigenvalue weighted by atomic mass is 10.1. The van der Waals surface area contributed by atoms with Crippen molar-refractivity contribution in [1.82, 2.24) is 15.6 Å². The lowest BCUT2D eigenvalue weighted by molar-refractivity contribution is 0.0453. The first-order valence-corrected chi connectivity index (χ1v) is 11.3. The van der Waals surface area contributed by atoms with Crippen molar-refractivity contribution < 1.29 is 13.9 Å². The number of ether oxygens (including phenoxy) is 2. The number of guanidine groups is 1. The standard InChI is InChI=1S/C24H34FN5O2/c1-3-26-24(29-21-10-12-30(17-21)23-22(25)9-6-11-27-23)28-16-19-7-5-8-20(15-19)18-32-14-13-31-4-2/h5-9,11,15,21H,3-4,10,12-14,16-18H2,1-2H3,(H2,26,28,29). The van der Waals surface area contributed by atoms with E-state index < -0.39 is 0 Å². The summed E-state index contributed by atoms with van der Waals surface area (Å²) in [5.74, 6) is 0.897. The molecule has 0 bridgehead atoms. The zero-order valence-corrected chi connectivity index (χ0v) is 19.0. The van der Waals surface area contributed by atoms with Crippen LogP contribution in [0.4, 0.5) is 10.2 Å². The molecule has 1 aromatic heterocycles. The van der Waals surface area contributed by atoms with E-state index in [4.69, 9.17) is 14.5 Å². The summed E-state index contributed by atoms with van der Waals surface area (Å²) in [6.45, 7) is 9.27. The normalized spacial score (nSPS) is 16.4. The fraction of sp³-hybridized carbons (Fsp3) is 0.500. The van der Waals surface area contributed by atoms with Gasteiger partial charge >= 0.3 is 0 Å². The number of anilines is 1. The van der Waals surface area contributed by atoms with E-state index in [-0.39, 0.29) is 11.9 Å². The highest BCUT2D eigenvalue weighted by Gasteiger charge is 2.25. The molecule has 1 saturated heterocycles. The number of benzene rings is 1. The average molecular weight is 444 g/mol. The molecule has 2 heterocycles. The van der Waals surface area contributed by atoms with Gasteiger partial charge in [-0.3, -0.25) is 0 Å². The van der Waals surface area contributed by atoms with Crippen LogP contribution in [0.5, 0.6) is 0 Å². The Hall–Kier alpha value is -2.71. The van der Waals surface area contributed by atoms with E-state index in [0.717, 1.165) is 36.6 Å². The van der Waals surface area contributed by atoms with Gasteiger partial charge in [0, 0.05) is 38.5 Å². The van der Waals surface area contributed by atoms with Crippen LogP contribution in [0.2, 0.25) is 0 Å². The molecule has 1 aliphatic heterocycles. The second-order valence-electron chi connectivity index (χ2n) is 7.65. The Morgan fingerprint density at radius 3 is 2.84 bits per heavy atom. The minimum Gasteiger partial charge on any atom is -0.379 e. The van der Waals surface area contributed by atoms with E-state index in [0.29, 0.717) is 45.3 Å². The SMILES string of the molecule is CCNC(=NCc1cccc(COCCOCC)c1)NC1CCN(c2ncccc2F)C1. The number of nitrogens with one attached hydrogen (secondary N) is 2. The first-order valence-electron chi connectivity index (χ1n) is 11.3. The van der Waals surface area contributed by atoms with E-state index >= 15 is 0 Å². The second-order valence-corrected chi connectivity index (χ2v) is 7.65. The predicted molar refractivity (Wildman–Crippen MR) is 125 cm³/mol. The number of pyridine rings is 1. The first-order chi connectivity index (χ1) is 15.7. The van der Waals surface area contributed by atoms with Crippen LogP contribution in [0.3, 0.4) is 0 Å². The van der Waals surface area contributed by atoms with Gasteiger partial charge in [0.15, 0.2) is 17.6 Å².